The van der Waals surface area contributed by atoms with Gasteiger partial charge < -0.3 is 4.74 Å². The third-order valence-electron chi connectivity index (χ3n) is 4.55. The molecule has 150 valence electrons. The van der Waals surface area contributed by atoms with Gasteiger partial charge in [-0.3, -0.25) is 20.4 Å². The SMILES string of the molecule is Cc1cccc(OC(C)C(=O)NNC(=O)c2sc(-c3ccccc3)nc2C)c1C. The minimum Gasteiger partial charge on any atom is -0.481 e. The van der Waals surface area contributed by atoms with Gasteiger partial charge in [0.15, 0.2) is 6.10 Å². The largest absolute Gasteiger partial charge is 0.481 e. The number of nitrogens with one attached hydrogen (secondary N) is 2. The first-order valence-electron chi connectivity index (χ1n) is 9.22. The Labute approximate surface area is 173 Å². The predicted octanol–water partition coefficient (Wildman–Crippen LogP) is 3.96. The highest BCUT2D eigenvalue weighted by atomic mass is 32.1. The van der Waals surface area contributed by atoms with Crippen LogP contribution in [0.25, 0.3) is 10.6 Å². The molecule has 0 radical (unpaired) electrons. The van der Waals surface area contributed by atoms with Crippen molar-refractivity contribution in [2.24, 2.45) is 0 Å². The molecule has 6 nitrogen and oxygen atoms in total. The van der Waals surface area contributed by atoms with Crippen LogP contribution in [0.1, 0.15) is 33.4 Å². The van der Waals surface area contributed by atoms with Gasteiger partial charge in [-0.1, -0.05) is 42.5 Å². The van der Waals surface area contributed by atoms with E-state index in [1.54, 1.807) is 13.8 Å². The number of nitrogens with zero attached hydrogens (tertiary/aromatic N) is 1. The molecule has 3 aromatic rings. The molecule has 1 unspecified atom stereocenters. The molecule has 0 aliphatic carbocycles. The summed E-state index contributed by atoms with van der Waals surface area (Å²) >= 11 is 1.28. The maximum absolute atomic E-state index is 12.5. The number of aromatic nitrogens is 1. The lowest BCUT2D eigenvalue weighted by atomic mass is 10.1. The van der Waals surface area contributed by atoms with Gasteiger partial charge in [0.1, 0.15) is 15.6 Å². The van der Waals surface area contributed by atoms with Gasteiger partial charge in [-0.15, -0.1) is 11.3 Å². The zero-order valence-electron chi connectivity index (χ0n) is 16.8. The molecule has 29 heavy (non-hydrogen) atoms. The Bertz CT molecular complexity index is 1030. The first-order valence-corrected chi connectivity index (χ1v) is 10.0. The van der Waals surface area contributed by atoms with Crippen LogP contribution in [0.4, 0.5) is 0 Å². The molecule has 7 heteroatoms. The molecule has 0 bridgehead atoms. The summed E-state index contributed by atoms with van der Waals surface area (Å²) in [5.41, 5.74) is 8.49. The Morgan fingerprint density at radius 3 is 2.45 bits per heavy atom. The zero-order valence-corrected chi connectivity index (χ0v) is 17.6. The lowest BCUT2D eigenvalue weighted by molar-refractivity contribution is -0.128. The third kappa shape index (κ3) is 4.81. The molecule has 2 aromatic carbocycles. The van der Waals surface area contributed by atoms with E-state index < -0.39 is 17.9 Å². The van der Waals surface area contributed by atoms with Crippen LogP contribution in [-0.4, -0.2) is 22.9 Å². The summed E-state index contributed by atoms with van der Waals surface area (Å²) in [7, 11) is 0. The van der Waals surface area contributed by atoms with Crippen molar-refractivity contribution in [3.8, 4) is 16.3 Å². The summed E-state index contributed by atoms with van der Waals surface area (Å²) in [5, 5.41) is 0.756. The van der Waals surface area contributed by atoms with Crippen LogP contribution >= 0.6 is 11.3 Å². The first kappa shape index (κ1) is 20.5. The fraction of sp³-hybridized carbons (Fsp3) is 0.227. The number of rotatable bonds is 5. The highest BCUT2D eigenvalue weighted by Gasteiger charge is 2.20. The maximum Gasteiger partial charge on any atom is 0.281 e. The van der Waals surface area contributed by atoms with Crippen molar-refractivity contribution < 1.29 is 14.3 Å². The quantitative estimate of drug-likeness (QED) is 0.625. The van der Waals surface area contributed by atoms with Crippen molar-refractivity contribution in [2.45, 2.75) is 33.8 Å². The second-order valence-corrected chi connectivity index (χ2v) is 7.70. The lowest BCUT2D eigenvalue weighted by Gasteiger charge is -2.17. The number of carbonyl (C=O) groups is 2. The summed E-state index contributed by atoms with van der Waals surface area (Å²) in [6, 6.07) is 15.3. The van der Waals surface area contributed by atoms with Gasteiger partial charge in [0.2, 0.25) is 0 Å². The van der Waals surface area contributed by atoms with E-state index >= 15 is 0 Å². The molecule has 1 atom stereocenters. The van der Waals surface area contributed by atoms with Crippen molar-refractivity contribution in [3.05, 3.63) is 70.2 Å². The summed E-state index contributed by atoms with van der Waals surface area (Å²) in [4.78, 5) is 29.7. The van der Waals surface area contributed by atoms with Crippen molar-refractivity contribution in [1.29, 1.82) is 0 Å². The van der Waals surface area contributed by atoms with E-state index in [0.717, 1.165) is 21.7 Å². The normalized spacial score (nSPS) is 11.6. The topological polar surface area (TPSA) is 80.3 Å². The Hall–Kier alpha value is -3.19. The van der Waals surface area contributed by atoms with E-state index in [2.05, 4.69) is 15.8 Å². The van der Waals surface area contributed by atoms with Crippen molar-refractivity contribution in [3.63, 3.8) is 0 Å². The number of aryl methyl sites for hydroxylation is 2. The fourth-order valence-electron chi connectivity index (χ4n) is 2.68. The Morgan fingerprint density at radius 1 is 1.00 bits per heavy atom. The van der Waals surface area contributed by atoms with E-state index in [0.29, 0.717) is 16.3 Å². The van der Waals surface area contributed by atoms with Gasteiger partial charge in [0, 0.05) is 5.56 Å². The van der Waals surface area contributed by atoms with Crippen LogP contribution in [0.15, 0.2) is 48.5 Å². The van der Waals surface area contributed by atoms with E-state index in [9.17, 15) is 9.59 Å². The van der Waals surface area contributed by atoms with E-state index in [1.807, 2.05) is 62.4 Å². The second kappa shape index (κ2) is 8.87. The first-order chi connectivity index (χ1) is 13.9. The standard InChI is InChI=1S/C22H23N3O3S/c1-13-9-8-12-18(14(13)2)28-16(4)20(26)24-25-21(27)19-15(3)23-22(29-19)17-10-6-5-7-11-17/h5-12,16H,1-4H3,(H,24,26)(H,25,27). The van der Waals surface area contributed by atoms with E-state index in [4.69, 9.17) is 4.74 Å². The predicted molar refractivity (Wildman–Crippen MR) is 114 cm³/mol. The fourth-order valence-corrected chi connectivity index (χ4v) is 3.65. The highest BCUT2D eigenvalue weighted by molar-refractivity contribution is 7.17. The summed E-state index contributed by atoms with van der Waals surface area (Å²) in [5.74, 6) is -0.205. The van der Waals surface area contributed by atoms with Gasteiger partial charge >= 0.3 is 0 Å². The third-order valence-corrected chi connectivity index (χ3v) is 5.76. The van der Waals surface area contributed by atoms with Gasteiger partial charge in [-0.05, 0) is 44.9 Å². The number of carbonyl (C=O) groups excluding carboxylic acids is 2. The number of hydrazine groups is 1. The Kier molecular flexibility index (Phi) is 6.29. The van der Waals surface area contributed by atoms with Crippen molar-refractivity contribution in [1.82, 2.24) is 15.8 Å². The lowest BCUT2D eigenvalue weighted by Crippen LogP contribution is -2.47. The smallest absolute Gasteiger partial charge is 0.281 e. The maximum atomic E-state index is 12.5. The molecular formula is C22H23N3O3S. The van der Waals surface area contributed by atoms with E-state index in [1.165, 1.54) is 11.3 Å². The highest BCUT2D eigenvalue weighted by Crippen LogP contribution is 2.27. The zero-order chi connectivity index (χ0) is 21.0. The van der Waals surface area contributed by atoms with Crippen LogP contribution in [0.2, 0.25) is 0 Å². The number of ether oxygens (including phenoxy) is 1. The van der Waals surface area contributed by atoms with Crippen molar-refractivity contribution in [2.75, 3.05) is 0 Å². The van der Waals surface area contributed by atoms with E-state index in [-0.39, 0.29) is 0 Å². The molecule has 0 aliphatic heterocycles. The van der Waals surface area contributed by atoms with Crippen LogP contribution in [0.5, 0.6) is 5.75 Å². The molecule has 2 N–H and O–H groups in total. The monoisotopic (exact) mass is 409 g/mol. The molecule has 0 aliphatic rings. The van der Waals surface area contributed by atoms with Gasteiger partial charge in [0.05, 0.1) is 5.69 Å². The second-order valence-electron chi connectivity index (χ2n) is 6.70. The molecule has 3 rings (SSSR count). The number of benzene rings is 2. The van der Waals surface area contributed by atoms with Gasteiger partial charge in [-0.25, -0.2) is 4.98 Å². The van der Waals surface area contributed by atoms with Gasteiger partial charge in [-0.2, -0.15) is 0 Å². The average Bonchev–Trinajstić information content (AvgIpc) is 3.11. The van der Waals surface area contributed by atoms with Crippen LogP contribution in [0, 0.1) is 20.8 Å². The number of thiazole rings is 1. The molecular weight excluding hydrogens is 386 g/mol. The number of amides is 2. The molecule has 1 aromatic heterocycles. The summed E-state index contributed by atoms with van der Waals surface area (Å²) < 4.78 is 5.74. The van der Waals surface area contributed by atoms with Gasteiger partial charge in [0.25, 0.3) is 11.8 Å². The minimum absolute atomic E-state index is 0.408. The van der Waals surface area contributed by atoms with Crippen LogP contribution < -0.4 is 15.6 Å². The van der Waals surface area contributed by atoms with Crippen LogP contribution in [0.3, 0.4) is 0 Å². The number of hydrogen-bond donors (Lipinski definition) is 2. The minimum atomic E-state index is -0.766. The molecule has 0 spiro atoms. The molecule has 1 heterocycles. The number of hydrogen-bond acceptors (Lipinski definition) is 5. The Morgan fingerprint density at radius 2 is 1.72 bits per heavy atom. The molecule has 2 amide bonds. The van der Waals surface area contributed by atoms with Crippen LogP contribution in [-0.2, 0) is 4.79 Å². The summed E-state index contributed by atoms with van der Waals surface area (Å²) in [6.45, 7) is 7.32. The van der Waals surface area contributed by atoms with Crippen molar-refractivity contribution >= 4 is 23.2 Å². The Balaban J connectivity index is 1.61. The molecule has 0 saturated heterocycles. The molecule has 0 saturated carbocycles. The molecule has 0 fully saturated rings. The summed E-state index contributed by atoms with van der Waals surface area (Å²) in [6.07, 6.45) is -0.766. The average molecular weight is 410 g/mol.